The van der Waals surface area contributed by atoms with Crippen molar-refractivity contribution in [2.75, 3.05) is 19.7 Å². The maximum absolute atomic E-state index is 12.6. The van der Waals surface area contributed by atoms with E-state index >= 15 is 0 Å². The number of carbonyl (C=O) groups excluding carboxylic acids is 1. The number of hydrogen-bond acceptors (Lipinski definition) is 6. The van der Waals surface area contributed by atoms with Crippen LogP contribution in [0.1, 0.15) is 24.5 Å². The van der Waals surface area contributed by atoms with Gasteiger partial charge in [0.2, 0.25) is 0 Å². The number of hydrogen-bond donors (Lipinski definition) is 1. The van der Waals surface area contributed by atoms with Crippen LogP contribution in [-0.4, -0.2) is 74.7 Å². The minimum atomic E-state index is -1.01. The molecule has 1 amide bonds. The third-order valence-corrected chi connectivity index (χ3v) is 4.36. The van der Waals surface area contributed by atoms with Crippen molar-refractivity contribution in [2.24, 2.45) is 0 Å². The lowest BCUT2D eigenvalue weighted by Crippen LogP contribution is -2.50. The lowest BCUT2D eigenvalue weighted by atomic mass is 10.1. The molecule has 0 aromatic carbocycles. The first-order valence-corrected chi connectivity index (χ1v) is 8.10. The molecule has 0 radical (unpaired) electrons. The molecule has 1 aromatic rings. The second-order valence-electron chi connectivity index (χ2n) is 6.19. The average molecular weight is 338 g/mol. The molecule has 0 bridgehead atoms. The van der Waals surface area contributed by atoms with Crippen molar-refractivity contribution in [3.8, 4) is 0 Å². The van der Waals surface area contributed by atoms with Crippen molar-refractivity contribution >= 4 is 11.9 Å². The summed E-state index contributed by atoms with van der Waals surface area (Å²) in [6.07, 6.45) is -0.896. The van der Waals surface area contributed by atoms with Crippen LogP contribution in [-0.2, 0) is 25.6 Å². The number of ether oxygens (including phenoxy) is 2. The van der Waals surface area contributed by atoms with Gasteiger partial charge in [-0.2, -0.15) is 5.10 Å². The first-order valence-electron chi connectivity index (χ1n) is 8.10. The number of carboxylic acids is 1. The number of morpholine rings is 1. The molecule has 1 N–H and O–H groups in total. The standard InChI is InChI=1S/C15H22N4O5/c1-9-16-10(2)19(17-9)8-11-7-18(5-6-23-11)14(20)12-3-4-13(24-12)15(21)22/h11-13H,3-8H2,1-2H3,(H,21,22)/t11?,12-,13+/m0/s1. The fraction of sp³-hybridized carbons (Fsp3) is 0.733. The summed E-state index contributed by atoms with van der Waals surface area (Å²) in [7, 11) is 0. The number of nitrogens with zero attached hydrogens (tertiary/aromatic N) is 4. The molecule has 1 unspecified atom stereocenters. The third-order valence-electron chi connectivity index (χ3n) is 4.36. The zero-order valence-corrected chi connectivity index (χ0v) is 13.8. The van der Waals surface area contributed by atoms with E-state index in [1.54, 1.807) is 9.58 Å². The second-order valence-corrected chi connectivity index (χ2v) is 6.19. The van der Waals surface area contributed by atoms with E-state index in [0.29, 0.717) is 44.9 Å². The highest BCUT2D eigenvalue weighted by Gasteiger charge is 2.38. The molecule has 132 valence electrons. The van der Waals surface area contributed by atoms with E-state index < -0.39 is 18.2 Å². The van der Waals surface area contributed by atoms with Gasteiger partial charge in [0.05, 0.1) is 19.3 Å². The Kier molecular flexibility index (Phi) is 4.81. The summed E-state index contributed by atoms with van der Waals surface area (Å²) in [5.74, 6) is 0.346. The Labute approximate surface area is 139 Å². The average Bonchev–Trinajstić information content (AvgIpc) is 3.14. The molecule has 3 atom stereocenters. The Bertz CT molecular complexity index is 631. The van der Waals surface area contributed by atoms with Crippen molar-refractivity contribution in [1.29, 1.82) is 0 Å². The van der Waals surface area contributed by atoms with E-state index in [9.17, 15) is 9.59 Å². The zero-order chi connectivity index (χ0) is 17.3. The van der Waals surface area contributed by atoms with Crippen LogP contribution < -0.4 is 0 Å². The molecule has 24 heavy (non-hydrogen) atoms. The highest BCUT2D eigenvalue weighted by atomic mass is 16.5. The monoisotopic (exact) mass is 338 g/mol. The topological polar surface area (TPSA) is 107 Å². The number of aromatic nitrogens is 3. The summed E-state index contributed by atoms with van der Waals surface area (Å²) in [5, 5.41) is 13.3. The van der Waals surface area contributed by atoms with Crippen LogP contribution in [0.5, 0.6) is 0 Å². The Hall–Kier alpha value is -2.00. The van der Waals surface area contributed by atoms with E-state index in [1.807, 2.05) is 13.8 Å². The molecule has 2 aliphatic heterocycles. The zero-order valence-electron chi connectivity index (χ0n) is 13.8. The first-order chi connectivity index (χ1) is 11.4. The van der Waals surface area contributed by atoms with Crippen molar-refractivity contribution < 1.29 is 24.2 Å². The van der Waals surface area contributed by atoms with Gasteiger partial charge < -0.3 is 19.5 Å². The molecule has 2 saturated heterocycles. The molecule has 1 aromatic heterocycles. The van der Waals surface area contributed by atoms with E-state index in [1.165, 1.54) is 0 Å². The van der Waals surface area contributed by atoms with Crippen molar-refractivity contribution in [1.82, 2.24) is 19.7 Å². The maximum Gasteiger partial charge on any atom is 0.332 e. The quantitative estimate of drug-likeness (QED) is 0.807. The van der Waals surface area contributed by atoms with E-state index in [-0.39, 0.29) is 12.0 Å². The molecular formula is C15H22N4O5. The predicted octanol–water partition coefficient (Wildman–Crippen LogP) is -0.245. The summed E-state index contributed by atoms with van der Waals surface area (Å²) in [6.45, 7) is 5.61. The van der Waals surface area contributed by atoms with Crippen LogP contribution in [0.15, 0.2) is 0 Å². The summed E-state index contributed by atoms with van der Waals surface area (Å²) < 4.78 is 12.9. The SMILES string of the molecule is Cc1nc(C)n(CC2CN(C(=O)[C@@H]3CC[C@H](C(=O)O)O3)CCO2)n1. The van der Waals surface area contributed by atoms with Crippen molar-refractivity contribution in [3.05, 3.63) is 11.6 Å². The summed E-state index contributed by atoms with van der Waals surface area (Å²) in [4.78, 5) is 29.5. The highest BCUT2D eigenvalue weighted by molar-refractivity contribution is 5.82. The Morgan fingerprint density at radius 2 is 2.04 bits per heavy atom. The molecule has 9 nitrogen and oxygen atoms in total. The van der Waals surface area contributed by atoms with Gasteiger partial charge in [0.1, 0.15) is 17.8 Å². The third kappa shape index (κ3) is 3.57. The molecule has 2 aliphatic rings. The van der Waals surface area contributed by atoms with Gasteiger partial charge in [-0.25, -0.2) is 14.5 Å². The minimum Gasteiger partial charge on any atom is -0.479 e. The van der Waals surface area contributed by atoms with Crippen LogP contribution >= 0.6 is 0 Å². The van der Waals surface area contributed by atoms with Gasteiger partial charge in [-0.15, -0.1) is 0 Å². The van der Waals surface area contributed by atoms with Crippen LogP contribution in [0.4, 0.5) is 0 Å². The van der Waals surface area contributed by atoms with E-state index in [0.717, 1.165) is 5.82 Å². The molecule has 0 spiro atoms. The molecule has 0 aliphatic carbocycles. The van der Waals surface area contributed by atoms with Crippen molar-refractivity contribution in [3.63, 3.8) is 0 Å². The maximum atomic E-state index is 12.6. The highest BCUT2D eigenvalue weighted by Crippen LogP contribution is 2.22. The van der Waals surface area contributed by atoms with Gasteiger partial charge in [0.25, 0.3) is 5.91 Å². The number of aliphatic carboxylic acids is 1. The van der Waals surface area contributed by atoms with Gasteiger partial charge in [-0.05, 0) is 26.7 Å². The largest absolute Gasteiger partial charge is 0.479 e. The minimum absolute atomic E-state index is 0.154. The molecule has 2 fully saturated rings. The number of carbonyl (C=O) groups is 2. The molecule has 0 saturated carbocycles. The van der Waals surface area contributed by atoms with Crippen LogP contribution in [0.25, 0.3) is 0 Å². The fourth-order valence-corrected chi connectivity index (χ4v) is 3.16. The van der Waals surface area contributed by atoms with Gasteiger partial charge in [0, 0.05) is 13.1 Å². The second kappa shape index (κ2) is 6.86. The smallest absolute Gasteiger partial charge is 0.332 e. The van der Waals surface area contributed by atoms with Gasteiger partial charge in [-0.3, -0.25) is 4.79 Å². The molecule has 3 heterocycles. The van der Waals surface area contributed by atoms with Crippen LogP contribution in [0.3, 0.4) is 0 Å². The molecule has 9 heteroatoms. The Morgan fingerprint density at radius 3 is 2.67 bits per heavy atom. The Morgan fingerprint density at radius 1 is 1.29 bits per heavy atom. The summed E-state index contributed by atoms with van der Waals surface area (Å²) in [6, 6.07) is 0. The van der Waals surface area contributed by atoms with Crippen molar-refractivity contribution in [2.45, 2.75) is 51.5 Å². The molecule has 3 rings (SSSR count). The normalized spacial score (nSPS) is 27.4. The summed E-state index contributed by atoms with van der Waals surface area (Å²) >= 11 is 0. The summed E-state index contributed by atoms with van der Waals surface area (Å²) in [5.41, 5.74) is 0. The number of aryl methyl sites for hydroxylation is 2. The Balaban J connectivity index is 1.58. The number of carboxylic acid groups (broad SMARTS) is 1. The van der Waals surface area contributed by atoms with Crippen LogP contribution in [0.2, 0.25) is 0 Å². The van der Waals surface area contributed by atoms with E-state index in [2.05, 4.69) is 10.1 Å². The first kappa shape index (κ1) is 16.8. The van der Waals surface area contributed by atoms with Gasteiger partial charge in [-0.1, -0.05) is 0 Å². The van der Waals surface area contributed by atoms with Gasteiger partial charge in [0.15, 0.2) is 6.10 Å². The predicted molar refractivity (Wildman–Crippen MR) is 81.3 cm³/mol. The van der Waals surface area contributed by atoms with Crippen LogP contribution in [0, 0.1) is 13.8 Å². The lowest BCUT2D eigenvalue weighted by molar-refractivity contribution is -0.158. The number of rotatable bonds is 4. The fourth-order valence-electron chi connectivity index (χ4n) is 3.16. The molecular weight excluding hydrogens is 316 g/mol. The van der Waals surface area contributed by atoms with E-state index in [4.69, 9.17) is 14.6 Å². The van der Waals surface area contributed by atoms with Gasteiger partial charge >= 0.3 is 5.97 Å². The lowest BCUT2D eigenvalue weighted by Gasteiger charge is -2.34. The number of amides is 1.